The molecule has 4 heteroatoms. The quantitative estimate of drug-likeness (QED) is 0.931. The van der Waals surface area contributed by atoms with E-state index in [2.05, 4.69) is 38.0 Å². The van der Waals surface area contributed by atoms with Crippen LogP contribution in [0.15, 0.2) is 18.5 Å². The predicted molar refractivity (Wildman–Crippen MR) is 81.5 cm³/mol. The molecule has 0 aromatic carbocycles. The van der Waals surface area contributed by atoms with Crippen LogP contribution in [-0.2, 0) is 12.0 Å². The number of hydrogen-bond donors (Lipinski definition) is 1. The van der Waals surface area contributed by atoms with E-state index in [0.29, 0.717) is 0 Å². The number of hydrogen-bond acceptors (Lipinski definition) is 4. The molecule has 2 heterocycles. The van der Waals surface area contributed by atoms with Crippen molar-refractivity contribution >= 4 is 11.3 Å². The lowest BCUT2D eigenvalue weighted by Gasteiger charge is -2.17. The first-order valence-corrected chi connectivity index (χ1v) is 7.31. The molecule has 2 rings (SSSR count). The van der Waals surface area contributed by atoms with Crippen LogP contribution < -0.4 is 5.32 Å². The predicted octanol–water partition coefficient (Wildman–Crippen LogP) is 3.53. The van der Waals surface area contributed by atoms with Gasteiger partial charge in [-0.2, -0.15) is 0 Å². The van der Waals surface area contributed by atoms with E-state index in [1.165, 1.54) is 21.7 Å². The van der Waals surface area contributed by atoms with Gasteiger partial charge in [0.15, 0.2) is 0 Å². The monoisotopic (exact) mass is 275 g/mol. The van der Waals surface area contributed by atoms with Gasteiger partial charge >= 0.3 is 0 Å². The molecule has 0 aliphatic carbocycles. The lowest BCUT2D eigenvalue weighted by atomic mass is 9.91. The lowest BCUT2D eigenvalue weighted by Crippen LogP contribution is -2.16. The molecule has 0 aliphatic heterocycles. The first-order chi connectivity index (χ1) is 8.93. The molecular weight excluding hydrogens is 254 g/mol. The van der Waals surface area contributed by atoms with Crippen molar-refractivity contribution in [2.24, 2.45) is 0 Å². The molecule has 0 unspecified atom stereocenters. The van der Waals surface area contributed by atoms with Gasteiger partial charge in [-0.05, 0) is 25.6 Å². The average Bonchev–Trinajstić information content (AvgIpc) is 2.74. The van der Waals surface area contributed by atoms with Gasteiger partial charge in [-0.25, -0.2) is 4.98 Å². The van der Waals surface area contributed by atoms with Crippen LogP contribution in [0.3, 0.4) is 0 Å². The van der Waals surface area contributed by atoms with Gasteiger partial charge in [0, 0.05) is 34.8 Å². The van der Waals surface area contributed by atoms with E-state index in [0.717, 1.165) is 11.6 Å². The van der Waals surface area contributed by atoms with Crippen LogP contribution in [0.5, 0.6) is 0 Å². The molecule has 0 spiro atoms. The fraction of sp³-hybridized carbons (Fsp3) is 0.467. The molecule has 0 atom stereocenters. The zero-order valence-corrected chi connectivity index (χ0v) is 13.1. The van der Waals surface area contributed by atoms with E-state index >= 15 is 0 Å². The van der Waals surface area contributed by atoms with Crippen molar-refractivity contribution in [3.63, 3.8) is 0 Å². The molecule has 102 valence electrons. The maximum atomic E-state index is 4.88. The Bertz CT molecular complexity index is 567. The van der Waals surface area contributed by atoms with Crippen LogP contribution in [0, 0.1) is 6.92 Å². The highest BCUT2D eigenvalue weighted by atomic mass is 32.1. The van der Waals surface area contributed by atoms with E-state index in [-0.39, 0.29) is 5.41 Å². The number of aryl methyl sites for hydroxylation is 1. The Hall–Kier alpha value is -1.26. The molecule has 0 fully saturated rings. The topological polar surface area (TPSA) is 37.8 Å². The first kappa shape index (κ1) is 14.2. The van der Waals surface area contributed by atoms with Crippen molar-refractivity contribution in [3.05, 3.63) is 34.6 Å². The van der Waals surface area contributed by atoms with Gasteiger partial charge < -0.3 is 5.32 Å². The van der Waals surface area contributed by atoms with Crippen molar-refractivity contribution in [1.82, 2.24) is 15.3 Å². The fourth-order valence-corrected chi connectivity index (χ4v) is 3.42. The van der Waals surface area contributed by atoms with E-state index in [9.17, 15) is 0 Å². The van der Waals surface area contributed by atoms with E-state index < -0.39 is 0 Å². The molecule has 19 heavy (non-hydrogen) atoms. The molecule has 0 bridgehead atoms. The van der Waals surface area contributed by atoms with Crippen LogP contribution in [0.25, 0.3) is 10.6 Å². The third-order valence-corrected chi connectivity index (χ3v) is 4.08. The summed E-state index contributed by atoms with van der Waals surface area (Å²) in [6, 6.07) is 2.05. The standard InChI is InChI=1S/C15H21N3S/c1-10-8-17-7-6-11(10)14-18-13(15(2,3)4)12(19-14)9-16-5/h6-8,16H,9H2,1-5H3. The first-order valence-electron chi connectivity index (χ1n) is 6.49. The minimum Gasteiger partial charge on any atom is -0.315 e. The Balaban J connectivity index is 2.52. The average molecular weight is 275 g/mol. The molecule has 1 N–H and O–H groups in total. The molecule has 0 saturated carbocycles. The number of thiazole rings is 1. The number of nitrogens with one attached hydrogen (secondary N) is 1. The highest BCUT2D eigenvalue weighted by Crippen LogP contribution is 2.35. The van der Waals surface area contributed by atoms with E-state index in [4.69, 9.17) is 4.98 Å². The van der Waals surface area contributed by atoms with Crippen molar-refractivity contribution in [2.75, 3.05) is 7.05 Å². The molecule has 0 amide bonds. The zero-order chi connectivity index (χ0) is 14.0. The maximum absolute atomic E-state index is 4.88. The Morgan fingerprint density at radius 2 is 2.05 bits per heavy atom. The SMILES string of the molecule is CNCc1sc(-c2ccncc2C)nc1C(C)(C)C. The summed E-state index contributed by atoms with van der Waals surface area (Å²) in [6.07, 6.45) is 3.73. The summed E-state index contributed by atoms with van der Waals surface area (Å²) < 4.78 is 0. The van der Waals surface area contributed by atoms with Gasteiger partial charge in [0.05, 0.1) is 5.69 Å². The van der Waals surface area contributed by atoms with Gasteiger partial charge in [0.2, 0.25) is 0 Å². The smallest absolute Gasteiger partial charge is 0.124 e. The molecule has 0 aliphatic rings. The van der Waals surface area contributed by atoms with Crippen molar-refractivity contribution in [1.29, 1.82) is 0 Å². The Morgan fingerprint density at radius 3 is 2.63 bits per heavy atom. The third kappa shape index (κ3) is 3.01. The van der Waals surface area contributed by atoms with E-state index in [1.54, 1.807) is 11.3 Å². The van der Waals surface area contributed by atoms with Crippen molar-refractivity contribution in [3.8, 4) is 10.6 Å². The van der Waals surface area contributed by atoms with Gasteiger partial charge in [0.25, 0.3) is 0 Å². The number of aromatic nitrogens is 2. The van der Waals surface area contributed by atoms with Crippen LogP contribution >= 0.6 is 11.3 Å². The van der Waals surface area contributed by atoms with Crippen molar-refractivity contribution in [2.45, 2.75) is 39.7 Å². The van der Waals surface area contributed by atoms with Gasteiger partial charge in [-0.15, -0.1) is 11.3 Å². The normalized spacial score (nSPS) is 11.8. The maximum Gasteiger partial charge on any atom is 0.124 e. The molecule has 2 aromatic rings. The highest BCUT2D eigenvalue weighted by molar-refractivity contribution is 7.15. The van der Waals surface area contributed by atoms with Crippen molar-refractivity contribution < 1.29 is 0 Å². The molecule has 0 radical (unpaired) electrons. The van der Waals surface area contributed by atoms with Gasteiger partial charge in [-0.1, -0.05) is 20.8 Å². The fourth-order valence-electron chi connectivity index (χ4n) is 2.05. The Labute approximate surface area is 119 Å². The van der Waals surface area contributed by atoms with Crippen LogP contribution in [0.4, 0.5) is 0 Å². The van der Waals surface area contributed by atoms with Crippen LogP contribution in [0.2, 0.25) is 0 Å². The van der Waals surface area contributed by atoms with Crippen LogP contribution in [-0.4, -0.2) is 17.0 Å². The summed E-state index contributed by atoms with van der Waals surface area (Å²) in [5.41, 5.74) is 3.63. The summed E-state index contributed by atoms with van der Waals surface area (Å²) in [7, 11) is 1.98. The summed E-state index contributed by atoms with van der Waals surface area (Å²) in [4.78, 5) is 10.4. The summed E-state index contributed by atoms with van der Waals surface area (Å²) >= 11 is 1.78. The van der Waals surface area contributed by atoms with Crippen LogP contribution in [0.1, 0.15) is 36.9 Å². The summed E-state index contributed by atoms with van der Waals surface area (Å²) in [6.45, 7) is 9.59. The van der Waals surface area contributed by atoms with Gasteiger partial charge in [-0.3, -0.25) is 4.98 Å². The number of rotatable bonds is 3. The molecule has 3 nitrogen and oxygen atoms in total. The molecular formula is C15H21N3S. The second kappa shape index (κ2) is 5.39. The Kier molecular flexibility index (Phi) is 4.02. The minimum absolute atomic E-state index is 0.0713. The Morgan fingerprint density at radius 1 is 1.32 bits per heavy atom. The summed E-state index contributed by atoms with van der Waals surface area (Å²) in [5.74, 6) is 0. The summed E-state index contributed by atoms with van der Waals surface area (Å²) in [5, 5.41) is 4.33. The second-order valence-electron chi connectivity index (χ2n) is 5.76. The van der Waals surface area contributed by atoms with Gasteiger partial charge in [0.1, 0.15) is 5.01 Å². The lowest BCUT2D eigenvalue weighted by molar-refractivity contribution is 0.563. The molecule has 2 aromatic heterocycles. The molecule has 0 saturated heterocycles. The van der Waals surface area contributed by atoms with E-state index in [1.807, 2.05) is 25.5 Å². The third-order valence-electron chi connectivity index (χ3n) is 3.00. The number of pyridine rings is 1. The largest absolute Gasteiger partial charge is 0.315 e. The number of nitrogens with zero attached hydrogens (tertiary/aromatic N) is 2. The minimum atomic E-state index is 0.0713. The zero-order valence-electron chi connectivity index (χ0n) is 12.2. The highest BCUT2D eigenvalue weighted by Gasteiger charge is 2.23. The second-order valence-corrected chi connectivity index (χ2v) is 6.85.